The maximum absolute atomic E-state index is 14.0. The van der Waals surface area contributed by atoms with Crippen molar-refractivity contribution in [2.24, 2.45) is 5.73 Å². The van der Waals surface area contributed by atoms with Crippen molar-refractivity contribution >= 4 is 15.9 Å². The van der Waals surface area contributed by atoms with Gasteiger partial charge in [0.15, 0.2) is 0 Å². The van der Waals surface area contributed by atoms with Gasteiger partial charge in [0.05, 0.1) is 0 Å². The maximum atomic E-state index is 14.0. The van der Waals surface area contributed by atoms with Gasteiger partial charge in [-0.05, 0) is 30.8 Å². The Hall–Kier alpha value is -1.23. The molecule has 2 aromatic carbocycles. The van der Waals surface area contributed by atoms with Gasteiger partial charge < -0.3 is 5.73 Å². The van der Waals surface area contributed by atoms with Gasteiger partial charge in [0.25, 0.3) is 0 Å². The van der Waals surface area contributed by atoms with E-state index < -0.39 is 0 Å². The molecule has 0 amide bonds. The normalized spacial score (nSPS) is 12.7. The van der Waals surface area contributed by atoms with E-state index >= 15 is 0 Å². The van der Waals surface area contributed by atoms with Crippen LogP contribution in [0.2, 0.25) is 0 Å². The molecule has 0 saturated heterocycles. The molecule has 0 bridgehead atoms. The van der Waals surface area contributed by atoms with E-state index in [1.54, 1.807) is 12.1 Å². The van der Waals surface area contributed by atoms with Crippen LogP contribution in [0.3, 0.4) is 0 Å². The van der Waals surface area contributed by atoms with Gasteiger partial charge in [0, 0.05) is 29.2 Å². The second kappa shape index (κ2) is 6.97. The minimum atomic E-state index is -0.219. The summed E-state index contributed by atoms with van der Waals surface area (Å²) in [6.07, 6.45) is 0. The van der Waals surface area contributed by atoms with E-state index in [0.717, 1.165) is 11.0 Å². The third kappa shape index (κ3) is 3.66. The highest BCUT2D eigenvalue weighted by molar-refractivity contribution is 9.10. The van der Waals surface area contributed by atoms with Crippen molar-refractivity contribution in [2.45, 2.75) is 12.6 Å². The highest BCUT2D eigenvalue weighted by Crippen LogP contribution is 2.26. The highest BCUT2D eigenvalue weighted by atomic mass is 79.9. The van der Waals surface area contributed by atoms with Crippen LogP contribution in [0.15, 0.2) is 53.0 Å². The fraction of sp³-hybridized carbons (Fsp3) is 0.250. The lowest BCUT2D eigenvalue weighted by atomic mass is 10.0. The molecular formula is C16H18BrFN2. The molecule has 0 aliphatic carbocycles. The molecule has 2 N–H and O–H groups in total. The molecule has 2 rings (SSSR count). The number of nitrogens with zero attached hydrogens (tertiary/aromatic N) is 1. The van der Waals surface area contributed by atoms with E-state index in [9.17, 15) is 4.39 Å². The van der Waals surface area contributed by atoms with Crippen LogP contribution in [0, 0.1) is 5.82 Å². The number of nitrogens with two attached hydrogens (primary N) is 1. The van der Waals surface area contributed by atoms with Crippen LogP contribution in [0.4, 0.5) is 4.39 Å². The maximum Gasteiger partial charge on any atom is 0.128 e. The fourth-order valence-corrected chi connectivity index (χ4v) is 2.67. The number of hydrogen-bond donors (Lipinski definition) is 1. The van der Waals surface area contributed by atoms with Crippen LogP contribution < -0.4 is 5.73 Å². The quantitative estimate of drug-likeness (QED) is 0.901. The standard InChI is InChI=1S/C16H18BrFN2/c1-20(11-12-5-3-2-4-6-12)16(10-19)14-9-13(17)7-8-15(14)18/h2-9,16H,10-11,19H2,1H3. The minimum absolute atomic E-state index is 0.146. The minimum Gasteiger partial charge on any atom is -0.329 e. The van der Waals surface area contributed by atoms with Crippen LogP contribution in [-0.4, -0.2) is 18.5 Å². The predicted molar refractivity (Wildman–Crippen MR) is 83.8 cm³/mol. The summed E-state index contributed by atoms with van der Waals surface area (Å²) in [4.78, 5) is 2.07. The summed E-state index contributed by atoms with van der Waals surface area (Å²) in [6.45, 7) is 1.10. The molecule has 0 spiro atoms. The number of benzene rings is 2. The summed E-state index contributed by atoms with van der Waals surface area (Å²) in [5, 5.41) is 0. The molecule has 0 radical (unpaired) electrons. The Morgan fingerprint density at radius 2 is 1.90 bits per heavy atom. The van der Waals surface area contributed by atoms with Gasteiger partial charge in [-0.25, -0.2) is 4.39 Å². The van der Waals surface area contributed by atoms with Crippen LogP contribution in [-0.2, 0) is 6.54 Å². The van der Waals surface area contributed by atoms with E-state index in [1.165, 1.54) is 11.6 Å². The van der Waals surface area contributed by atoms with E-state index in [2.05, 4.69) is 33.0 Å². The van der Waals surface area contributed by atoms with Gasteiger partial charge >= 0.3 is 0 Å². The first-order chi connectivity index (χ1) is 9.61. The van der Waals surface area contributed by atoms with Crippen molar-refractivity contribution < 1.29 is 4.39 Å². The topological polar surface area (TPSA) is 29.3 Å². The molecule has 0 aliphatic rings. The fourth-order valence-electron chi connectivity index (χ4n) is 2.30. The monoisotopic (exact) mass is 336 g/mol. The number of likely N-dealkylation sites (N-methyl/N-ethyl adjacent to an activating group) is 1. The second-order valence-electron chi connectivity index (χ2n) is 4.82. The molecule has 0 heterocycles. The first kappa shape index (κ1) is 15.2. The van der Waals surface area contributed by atoms with Crippen molar-refractivity contribution in [2.75, 3.05) is 13.6 Å². The number of halogens is 2. The molecule has 2 aromatic rings. The van der Waals surface area contributed by atoms with E-state index in [4.69, 9.17) is 5.73 Å². The van der Waals surface area contributed by atoms with Gasteiger partial charge in [-0.1, -0.05) is 46.3 Å². The average Bonchev–Trinajstić information content (AvgIpc) is 2.44. The Bertz CT molecular complexity index is 560. The molecule has 0 aromatic heterocycles. The van der Waals surface area contributed by atoms with Crippen molar-refractivity contribution in [3.05, 3.63) is 69.9 Å². The van der Waals surface area contributed by atoms with Crippen molar-refractivity contribution in [1.82, 2.24) is 4.90 Å². The molecular weight excluding hydrogens is 319 g/mol. The first-order valence-electron chi connectivity index (χ1n) is 6.51. The summed E-state index contributed by atoms with van der Waals surface area (Å²) < 4.78 is 14.9. The smallest absolute Gasteiger partial charge is 0.128 e. The summed E-state index contributed by atoms with van der Waals surface area (Å²) >= 11 is 3.38. The van der Waals surface area contributed by atoms with Crippen LogP contribution in [0.25, 0.3) is 0 Å². The molecule has 106 valence electrons. The first-order valence-corrected chi connectivity index (χ1v) is 7.30. The summed E-state index contributed by atoms with van der Waals surface area (Å²) in [5.41, 5.74) is 7.66. The predicted octanol–water partition coefficient (Wildman–Crippen LogP) is 3.72. The summed E-state index contributed by atoms with van der Waals surface area (Å²) in [7, 11) is 1.96. The number of rotatable bonds is 5. The second-order valence-corrected chi connectivity index (χ2v) is 5.73. The Kier molecular flexibility index (Phi) is 5.29. The largest absolute Gasteiger partial charge is 0.329 e. The lowest BCUT2D eigenvalue weighted by Gasteiger charge is -2.28. The SMILES string of the molecule is CN(Cc1ccccc1)C(CN)c1cc(Br)ccc1F. The van der Waals surface area contributed by atoms with E-state index in [1.807, 2.05) is 25.2 Å². The molecule has 4 heteroatoms. The van der Waals surface area contributed by atoms with Crippen molar-refractivity contribution in [3.8, 4) is 0 Å². The number of hydrogen-bond acceptors (Lipinski definition) is 2. The van der Waals surface area contributed by atoms with Gasteiger partial charge in [0.1, 0.15) is 5.82 Å². The molecule has 1 atom stereocenters. The summed E-state index contributed by atoms with van der Waals surface area (Å²) in [5.74, 6) is -0.219. The molecule has 0 fully saturated rings. The zero-order valence-electron chi connectivity index (χ0n) is 11.4. The van der Waals surface area contributed by atoms with Crippen molar-refractivity contribution in [1.29, 1.82) is 0 Å². The average molecular weight is 337 g/mol. The molecule has 0 saturated carbocycles. The third-order valence-corrected chi connectivity index (χ3v) is 3.84. The van der Waals surface area contributed by atoms with Gasteiger partial charge in [-0.15, -0.1) is 0 Å². The third-order valence-electron chi connectivity index (χ3n) is 3.35. The van der Waals surface area contributed by atoms with Gasteiger partial charge in [0.2, 0.25) is 0 Å². The Morgan fingerprint density at radius 1 is 1.20 bits per heavy atom. The van der Waals surface area contributed by atoms with Crippen LogP contribution in [0.5, 0.6) is 0 Å². The van der Waals surface area contributed by atoms with Crippen LogP contribution >= 0.6 is 15.9 Å². The van der Waals surface area contributed by atoms with E-state index in [0.29, 0.717) is 12.1 Å². The van der Waals surface area contributed by atoms with Gasteiger partial charge in [-0.3, -0.25) is 4.90 Å². The lowest BCUT2D eigenvalue weighted by molar-refractivity contribution is 0.236. The Labute approximate surface area is 127 Å². The van der Waals surface area contributed by atoms with Crippen molar-refractivity contribution in [3.63, 3.8) is 0 Å². The van der Waals surface area contributed by atoms with E-state index in [-0.39, 0.29) is 11.9 Å². The Morgan fingerprint density at radius 3 is 2.55 bits per heavy atom. The van der Waals surface area contributed by atoms with Crippen LogP contribution in [0.1, 0.15) is 17.2 Å². The van der Waals surface area contributed by atoms with Gasteiger partial charge in [-0.2, -0.15) is 0 Å². The summed E-state index contributed by atoms with van der Waals surface area (Å²) in [6, 6.07) is 14.9. The zero-order valence-corrected chi connectivity index (χ0v) is 13.0. The lowest BCUT2D eigenvalue weighted by Crippen LogP contribution is -2.30. The molecule has 2 nitrogen and oxygen atoms in total. The molecule has 0 aliphatic heterocycles. The Balaban J connectivity index is 2.21. The highest BCUT2D eigenvalue weighted by Gasteiger charge is 2.19. The molecule has 20 heavy (non-hydrogen) atoms. The zero-order chi connectivity index (χ0) is 14.5. The molecule has 1 unspecified atom stereocenters.